The van der Waals surface area contributed by atoms with Crippen LogP contribution in [0.3, 0.4) is 0 Å². The van der Waals surface area contributed by atoms with E-state index in [-0.39, 0.29) is 0 Å². The number of benzene rings is 11. The fourth-order valence-corrected chi connectivity index (χ4v) is 12.8. The minimum Gasteiger partial charge on any atom is -0.455 e. The molecular formula is C58H30O2S2. The number of para-hydroxylation sites is 2. The van der Waals surface area contributed by atoms with Crippen molar-refractivity contribution >= 4 is 150 Å². The Bertz CT molecular complexity index is 4170. The minimum absolute atomic E-state index is 0.905. The van der Waals surface area contributed by atoms with E-state index in [9.17, 15) is 0 Å². The van der Waals surface area contributed by atoms with Gasteiger partial charge < -0.3 is 8.83 Å². The second-order valence-corrected chi connectivity index (χ2v) is 18.9. The normalized spacial score (nSPS) is 12.5. The van der Waals surface area contributed by atoms with E-state index in [1.807, 2.05) is 22.7 Å². The zero-order chi connectivity index (χ0) is 40.2. The summed E-state index contributed by atoms with van der Waals surface area (Å²) < 4.78 is 18.9. The van der Waals surface area contributed by atoms with E-state index in [1.165, 1.54) is 94.9 Å². The number of rotatable bonds is 2. The summed E-state index contributed by atoms with van der Waals surface area (Å²) in [6.45, 7) is 0. The van der Waals surface area contributed by atoms with Crippen molar-refractivity contribution in [2.45, 2.75) is 0 Å². The summed E-state index contributed by atoms with van der Waals surface area (Å²) >= 11 is 3.71. The molecule has 0 bridgehead atoms. The smallest absolute Gasteiger partial charge is 0.143 e. The van der Waals surface area contributed by atoms with E-state index in [0.717, 1.165) is 54.6 Å². The number of fused-ring (bicyclic) bond motifs is 20. The molecule has 4 aromatic heterocycles. The Morgan fingerprint density at radius 2 is 0.677 bits per heavy atom. The topological polar surface area (TPSA) is 26.3 Å². The van der Waals surface area contributed by atoms with Gasteiger partial charge in [0.05, 0.1) is 0 Å². The fraction of sp³-hybridized carbons (Fsp3) is 0. The van der Waals surface area contributed by atoms with Crippen molar-refractivity contribution < 1.29 is 8.83 Å². The monoisotopic (exact) mass is 822 g/mol. The molecule has 4 heteroatoms. The van der Waals surface area contributed by atoms with Gasteiger partial charge in [0.2, 0.25) is 0 Å². The molecule has 0 fully saturated rings. The first-order valence-corrected chi connectivity index (χ1v) is 22.7. The third kappa shape index (κ3) is 4.47. The lowest BCUT2D eigenvalue weighted by Gasteiger charge is -2.16. The molecule has 0 spiro atoms. The summed E-state index contributed by atoms with van der Waals surface area (Å²) in [6.07, 6.45) is 0. The first-order valence-electron chi connectivity index (χ1n) is 21.0. The van der Waals surface area contributed by atoms with E-state index < -0.39 is 0 Å². The molecule has 0 aliphatic heterocycles. The predicted molar refractivity (Wildman–Crippen MR) is 268 cm³/mol. The highest BCUT2D eigenvalue weighted by molar-refractivity contribution is 7.26. The van der Waals surface area contributed by atoms with Crippen LogP contribution in [0.2, 0.25) is 0 Å². The van der Waals surface area contributed by atoms with Gasteiger partial charge >= 0.3 is 0 Å². The Kier molecular flexibility index (Phi) is 6.48. The van der Waals surface area contributed by atoms with Gasteiger partial charge in [-0.2, -0.15) is 0 Å². The molecule has 2 nitrogen and oxygen atoms in total. The van der Waals surface area contributed by atoms with Gasteiger partial charge in [-0.05, 0) is 140 Å². The van der Waals surface area contributed by atoms with Crippen molar-refractivity contribution in [2.75, 3.05) is 0 Å². The van der Waals surface area contributed by atoms with Crippen LogP contribution in [0.4, 0.5) is 0 Å². The molecule has 0 saturated carbocycles. The highest BCUT2D eigenvalue weighted by Crippen LogP contribution is 2.48. The first-order chi connectivity index (χ1) is 30.7. The molecule has 11 aromatic carbocycles. The zero-order valence-electron chi connectivity index (χ0n) is 33.0. The van der Waals surface area contributed by atoms with Crippen molar-refractivity contribution in [1.82, 2.24) is 0 Å². The molecule has 0 amide bonds. The minimum atomic E-state index is 0.905. The first kappa shape index (κ1) is 33.2. The largest absolute Gasteiger partial charge is 0.455 e. The number of furan rings is 2. The Balaban J connectivity index is 1.08. The SMILES string of the molecule is c1ccc2c(c1)oc1c2ccc2c3cc4cc(-c5ccc6sc7ccccc7c6c5)c5c(ccc6c7ccccc7oc65)c4cc3cc(-c3ccc4sc5ccccc5c4c3)c21. The molecule has 62 heavy (non-hydrogen) atoms. The Hall–Kier alpha value is -7.50. The Labute approximate surface area is 361 Å². The second-order valence-electron chi connectivity index (χ2n) is 16.7. The molecule has 0 aliphatic rings. The average Bonchev–Trinajstić information content (AvgIpc) is 4.10. The standard InChI is InChI=1S/C58H30O2S2/c1-5-13-49-35(9-1)41-21-19-39-43-27-34-30-46(32-18-24-54-48(26-32)38-12-4-8-16-52(38)62-54)56-40(20-22-42-36-10-2-6-14-50(36)60-58(42)56)44(34)28-33(43)29-45(55(39)57(41)59-49)31-17-23-53-47(25-31)37-11-3-7-15-51(37)61-53/h1-30H. The summed E-state index contributed by atoms with van der Waals surface area (Å²) in [7, 11) is 0. The van der Waals surface area contributed by atoms with E-state index in [0.29, 0.717) is 0 Å². The maximum absolute atomic E-state index is 6.86. The van der Waals surface area contributed by atoms with Gasteiger partial charge in [-0.15, -0.1) is 22.7 Å². The molecule has 0 atom stereocenters. The molecule has 15 rings (SSSR count). The van der Waals surface area contributed by atoms with E-state index in [2.05, 4.69) is 182 Å². The van der Waals surface area contributed by atoms with Gasteiger partial charge in [-0.25, -0.2) is 0 Å². The summed E-state index contributed by atoms with van der Waals surface area (Å²) in [5.41, 5.74) is 8.38. The molecule has 0 unspecified atom stereocenters. The third-order valence-corrected chi connectivity index (χ3v) is 15.7. The quantitative estimate of drug-likeness (QED) is 0.128. The van der Waals surface area contributed by atoms with Crippen molar-refractivity contribution in [2.24, 2.45) is 0 Å². The molecular weight excluding hydrogens is 793 g/mol. The molecule has 15 aromatic rings. The van der Waals surface area contributed by atoms with Crippen LogP contribution in [-0.4, -0.2) is 0 Å². The zero-order valence-corrected chi connectivity index (χ0v) is 34.6. The number of hydrogen-bond acceptors (Lipinski definition) is 4. The number of hydrogen-bond donors (Lipinski definition) is 0. The van der Waals surface area contributed by atoms with Crippen LogP contribution in [0.15, 0.2) is 191 Å². The van der Waals surface area contributed by atoms with Crippen molar-refractivity contribution in [1.29, 1.82) is 0 Å². The number of thiophene rings is 2. The van der Waals surface area contributed by atoms with Crippen LogP contribution in [0.5, 0.6) is 0 Å². The Morgan fingerprint density at radius 3 is 1.16 bits per heavy atom. The van der Waals surface area contributed by atoms with Crippen LogP contribution in [0, 0.1) is 0 Å². The maximum atomic E-state index is 6.86. The summed E-state index contributed by atoms with van der Waals surface area (Å²) in [5.74, 6) is 0. The second kappa shape index (κ2) is 12.1. The van der Waals surface area contributed by atoms with Crippen LogP contribution < -0.4 is 0 Å². The van der Waals surface area contributed by atoms with E-state index in [4.69, 9.17) is 8.83 Å². The fourth-order valence-electron chi connectivity index (χ4n) is 10.6. The summed E-state index contributed by atoms with van der Waals surface area (Å²) in [5, 5.41) is 19.1. The molecule has 0 radical (unpaired) electrons. The van der Waals surface area contributed by atoms with Gasteiger partial charge in [0.25, 0.3) is 0 Å². The lowest BCUT2D eigenvalue weighted by atomic mass is 9.87. The highest BCUT2D eigenvalue weighted by Gasteiger charge is 2.21. The van der Waals surface area contributed by atoms with E-state index in [1.54, 1.807) is 0 Å². The van der Waals surface area contributed by atoms with Gasteiger partial charge in [-0.3, -0.25) is 0 Å². The van der Waals surface area contributed by atoms with Gasteiger partial charge in [0, 0.05) is 72.7 Å². The van der Waals surface area contributed by atoms with Crippen LogP contribution in [0.25, 0.3) is 150 Å². The van der Waals surface area contributed by atoms with Gasteiger partial charge in [-0.1, -0.05) is 97.1 Å². The average molecular weight is 823 g/mol. The van der Waals surface area contributed by atoms with Gasteiger partial charge in [0.1, 0.15) is 22.3 Å². The predicted octanol–water partition coefficient (Wildman–Crippen LogP) is 18.2. The highest BCUT2D eigenvalue weighted by atomic mass is 32.1. The van der Waals surface area contributed by atoms with Crippen molar-refractivity contribution in [3.8, 4) is 22.3 Å². The summed E-state index contributed by atoms with van der Waals surface area (Å²) in [6, 6.07) is 67.2. The molecule has 0 aliphatic carbocycles. The summed E-state index contributed by atoms with van der Waals surface area (Å²) in [4.78, 5) is 0. The lowest BCUT2D eigenvalue weighted by Crippen LogP contribution is -1.89. The van der Waals surface area contributed by atoms with Crippen LogP contribution in [-0.2, 0) is 0 Å². The molecule has 4 heterocycles. The van der Waals surface area contributed by atoms with Gasteiger partial charge in [0.15, 0.2) is 0 Å². The lowest BCUT2D eigenvalue weighted by molar-refractivity contribution is 0.672. The molecule has 0 N–H and O–H groups in total. The molecule has 0 saturated heterocycles. The Morgan fingerprint density at radius 1 is 0.274 bits per heavy atom. The molecule has 286 valence electrons. The van der Waals surface area contributed by atoms with Crippen molar-refractivity contribution in [3.63, 3.8) is 0 Å². The van der Waals surface area contributed by atoms with Crippen molar-refractivity contribution in [3.05, 3.63) is 182 Å². The maximum Gasteiger partial charge on any atom is 0.143 e. The van der Waals surface area contributed by atoms with Crippen LogP contribution in [0.1, 0.15) is 0 Å². The van der Waals surface area contributed by atoms with Crippen LogP contribution >= 0.6 is 22.7 Å². The van der Waals surface area contributed by atoms with E-state index >= 15 is 0 Å². The third-order valence-electron chi connectivity index (χ3n) is 13.4.